The van der Waals surface area contributed by atoms with E-state index in [1.165, 1.54) is 0 Å². The number of imidazole rings is 1. The Labute approximate surface area is 173 Å². The number of aromatic nitrogens is 5. The number of hydrogen-bond donors (Lipinski definition) is 1. The Kier molecular flexibility index (Phi) is 4.67. The van der Waals surface area contributed by atoms with Crippen LogP contribution in [-0.2, 0) is 12.4 Å². The molecule has 0 aliphatic heterocycles. The molecular formula is C19H14ClN5OS2. The molecule has 0 amide bonds. The van der Waals surface area contributed by atoms with Gasteiger partial charge in [0.1, 0.15) is 17.4 Å². The second-order valence-electron chi connectivity index (χ2n) is 6.03. The van der Waals surface area contributed by atoms with Crippen molar-refractivity contribution in [1.82, 2.24) is 24.6 Å². The Balaban J connectivity index is 1.26. The van der Waals surface area contributed by atoms with Gasteiger partial charge in [0.15, 0.2) is 5.16 Å². The van der Waals surface area contributed by atoms with E-state index in [1.807, 2.05) is 52.9 Å². The lowest BCUT2D eigenvalue weighted by molar-refractivity contribution is 0.305. The van der Waals surface area contributed by atoms with Crippen molar-refractivity contribution in [2.75, 3.05) is 0 Å². The van der Waals surface area contributed by atoms with Gasteiger partial charge in [0, 0.05) is 16.2 Å². The first-order chi connectivity index (χ1) is 13.8. The van der Waals surface area contributed by atoms with Crippen molar-refractivity contribution < 1.29 is 4.74 Å². The fourth-order valence-corrected chi connectivity index (χ4v) is 4.62. The molecular weight excluding hydrogens is 414 g/mol. The second kappa shape index (κ2) is 7.46. The minimum absolute atomic E-state index is 0.440. The zero-order chi connectivity index (χ0) is 18.9. The Hall–Kier alpha value is -2.55. The number of aromatic amines is 1. The van der Waals surface area contributed by atoms with Crippen LogP contribution in [0.2, 0.25) is 5.02 Å². The van der Waals surface area contributed by atoms with Crippen LogP contribution in [-0.4, -0.2) is 24.6 Å². The van der Waals surface area contributed by atoms with Gasteiger partial charge in [0.25, 0.3) is 0 Å². The van der Waals surface area contributed by atoms with Crippen LogP contribution in [0.1, 0.15) is 10.7 Å². The van der Waals surface area contributed by atoms with Gasteiger partial charge in [-0.2, -0.15) is 0 Å². The number of fused-ring (bicyclic) bond motifs is 3. The van der Waals surface area contributed by atoms with Gasteiger partial charge in [0.05, 0.1) is 16.7 Å². The van der Waals surface area contributed by atoms with Crippen LogP contribution in [0, 0.1) is 0 Å². The summed E-state index contributed by atoms with van der Waals surface area (Å²) in [6.07, 6.45) is 0. The van der Waals surface area contributed by atoms with Gasteiger partial charge in [-0.25, -0.2) is 15.1 Å². The Bertz CT molecular complexity index is 1240. The molecule has 0 fully saturated rings. The van der Waals surface area contributed by atoms with Gasteiger partial charge in [-0.05, 0) is 36.4 Å². The SMILES string of the molecule is Clc1ccc(OCc2nc(CSc3n[nH]c4nc5ccccc5n34)cs2)cc1. The Morgan fingerprint density at radius 3 is 2.86 bits per heavy atom. The third-order valence-electron chi connectivity index (χ3n) is 4.13. The van der Waals surface area contributed by atoms with Gasteiger partial charge in [-0.3, -0.25) is 4.40 Å². The standard InChI is InChI=1S/C19H14ClN5OS2/c20-12-5-7-14(8-6-12)26-9-17-21-13(10-27-17)11-28-19-24-23-18-22-15-3-1-2-4-16(15)25(18)19/h1-8,10H,9,11H2,(H,22,23). The van der Waals surface area contributed by atoms with E-state index >= 15 is 0 Å². The molecule has 6 nitrogen and oxygen atoms in total. The largest absolute Gasteiger partial charge is 0.486 e. The van der Waals surface area contributed by atoms with E-state index in [0.29, 0.717) is 11.6 Å². The summed E-state index contributed by atoms with van der Waals surface area (Å²) in [5.41, 5.74) is 3.00. The molecule has 140 valence electrons. The molecule has 9 heteroatoms. The zero-order valence-corrected chi connectivity index (χ0v) is 16.9. The highest BCUT2D eigenvalue weighted by Gasteiger charge is 2.13. The molecule has 0 unspecified atom stereocenters. The third kappa shape index (κ3) is 3.46. The minimum Gasteiger partial charge on any atom is -0.486 e. The maximum atomic E-state index is 5.89. The van der Waals surface area contributed by atoms with Crippen molar-refractivity contribution in [3.8, 4) is 5.75 Å². The summed E-state index contributed by atoms with van der Waals surface area (Å²) in [4.78, 5) is 9.20. The molecule has 2 aromatic carbocycles. The number of hydrogen-bond acceptors (Lipinski definition) is 6. The summed E-state index contributed by atoms with van der Waals surface area (Å²) < 4.78 is 7.80. The van der Waals surface area contributed by atoms with Gasteiger partial charge in [-0.1, -0.05) is 35.5 Å². The highest BCUT2D eigenvalue weighted by Crippen LogP contribution is 2.26. The summed E-state index contributed by atoms with van der Waals surface area (Å²) in [5.74, 6) is 2.25. The van der Waals surface area contributed by atoms with E-state index in [9.17, 15) is 0 Å². The molecule has 5 aromatic rings. The molecule has 0 bridgehead atoms. The zero-order valence-electron chi connectivity index (χ0n) is 14.5. The van der Waals surface area contributed by atoms with E-state index in [4.69, 9.17) is 16.3 Å². The maximum absolute atomic E-state index is 5.89. The number of benzene rings is 2. The molecule has 3 heterocycles. The fraction of sp³-hybridized carbons (Fsp3) is 0.105. The number of halogens is 1. The number of H-pyrrole nitrogens is 1. The number of thioether (sulfide) groups is 1. The molecule has 1 N–H and O–H groups in total. The summed E-state index contributed by atoms with van der Waals surface area (Å²) >= 11 is 9.11. The number of ether oxygens (including phenoxy) is 1. The summed E-state index contributed by atoms with van der Waals surface area (Å²) in [7, 11) is 0. The summed E-state index contributed by atoms with van der Waals surface area (Å²) in [6.45, 7) is 0.440. The van der Waals surface area contributed by atoms with Gasteiger partial charge in [0.2, 0.25) is 5.78 Å². The molecule has 28 heavy (non-hydrogen) atoms. The lowest BCUT2D eigenvalue weighted by atomic mass is 10.3. The molecule has 5 rings (SSSR count). The number of para-hydroxylation sites is 2. The van der Waals surface area contributed by atoms with Crippen LogP contribution < -0.4 is 4.74 Å². The van der Waals surface area contributed by atoms with E-state index in [2.05, 4.69) is 25.5 Å². The Morgan fingerprint density at radius 1 is 1.11 bits per heavy atom. The van der Waals surface area contributed by atoms with E-state index < -0.39 is 0 Å². The van der Waals surface area contributed by atoms with Crippen LogP contribution in [0.25, 0.3) is 16.8 Å². The highest BCUT2D eigenvalue weighted by molar-refractivity contribution is 7.98. The van der Waals surface area contributed by atoms with Crippen LogP contribution >= 0.6 is 34.7 Å². The summed E-state index contributed by atoms with van der Waals surface area (Å²) in [5, 5.41) is 11.9. The highest BCUT2D eigenvalue weighted by atomic mass is 35.5. The lowest BCUT2D eigenvalue weighted by Crippen LogP contribution is -1.95. The normalized spacial score (nSPS) is 11.5. The molecule has 0 aliphatic rings. The van der Waals surface area contributed by atoms with E-state index in [0.717, 1.165) is 44.2 Å². The van der Waals surface area contributed by atoms with Gasteiger partial charge < -0.3 is 4.74 Å². The molecule has 0 saturated heterocycles. The average Bonchev–Trinajstić information content (AvgIpc) is 3.41. The molecule has 0 atom stereocenters. The van der Waals surface area contributed by atoms with Crippen LogP contribution in [0.4, 0.5) is 0 Å². The molecule has 3 aromatic heterocycles. The van der Waals surface area contributed by atoms with Gasteiger partial charge in [-0.15, -0.1) is 16.4 Å². The first-order valence-corrected chi connectivity index (χ1v) is 10.8. The predicted molar refractivity (Wildman–Crippen MR) is 112 cm³/mol. The van der Waals surface area contributed by atoms with Crippen LogP contribution in [0.5, 0.6) is 5.75 Å². The lowest BCUT2D eigenvalue weighted by Gasteiger charge is -2.03. The minimum atomic E-state index is 0.440. The predicted octanol–water partition coefficient (Wildman–Crippen LogP) is 5.19. The van der Waals surface area contributed by atoms with Crippen molar-refractivity contribution in [3.05, 3.63) is 69.6 Å². The molecule has 0 saturated carbocycles. The molecule has 0 spiro atoms. The third-order valence-corrected chi connectivity index (χ3v) is 6.22. The second-order valence-corrected chi connectivity index (χ2v) is 8.35. The monoisotopic (exact) mass is 427 g/mol. The van der Waals surface area contributed by atoms with Crippen molar-refractivity contribution in [2.24, 2.45) is 0 Å². The molecule has 0 aliphatic carbocycles. The van der Waals surface area contributed by atoms with Crippen LogP contribution in [0.15, 0.2) is 59.1 Å². The van der Waals surface area contributed by atoms with Crippen molar-refractivity contribution in [3.63, 3.8) is 0 Å². The first kappa shape index (κ1) is 17.5. The van der Waals surface area contributed by atoms with Gasteiger partial charge >= 0.3 is 0 Å². The number of rotatable bonds is 6. The van der Waals surface area contributed by atoms with E-state index in [-0.39, 0.29) is 0 Å². The summed E-state index contributed by atoms with van der Waals surface area (Å²) in [6, 6.07) is 15.4. The van der Waals surface area contributed by atoms with Crippen LogP contribution in [0.3, 0.4) is 0 Å². The average molecular weight is 428 g/mol. The van der Waals surface area contributed by atoms with Crippen molar-refractivity contribution in [2.45, 2.75) is 17.5 Å². The topological polar surface area (TPSA) is 68.1 Å². The van der Waals surface area contributed by atoms with E-state index in [1.54, 1.807) is 23.1 Å². The Morgan fingerprint density at radius 2 is 1.96 bits per heavy atom. The maximum Gasteiger partial charge on any atom is 0.231 e. The van der Waals surface area contributed by atoms with Crippen molar-refractivity contribution >= 4 is 51.5 Å². The number of nitrogens with one attached hydrogen (secondary N) is 1. The fourth-order valence-electron chi connectivity index (χ4n) is 2.84. The first-order valence-electron chi connectivity index (χ1n) is 8.52. The smallest absolute Gasteiger partial charge is 0.231 e. The number of nitrogens with zero attached hydrogens (tertiary/aromatic N) is 4. The quantitative estimate of drug-likeness (QED) is 0.377. The van der Waals surface area contributed by atoms with Crippen molar-refractivity contribution in [1.29, 1.82) is 0 Å². The molecule has 0 radical (unpaired) electrons. The number of thiazole rings is 1.